The molecule has 0 radical (unpaired) electrons. The second kappa shape index (κ2) is 3.90. The van der Waals surface area contributed by atoms with Crippen molar-refractivity contribution in [3.63, 3.8) is 0 Å². The third-order valence-electron chi connectivity index (χ3n) is 2.53. The van der Waals surface area contributed by atoms with Crippen molar-refractivity contribution in [2.45, 2.75) is 39.4 Å². The summed E-state index contributed by atoms with van der Waals surface area (Å²) in [7, 11) is 0. The van der Waals surface area contributed by atoms with Crippen molar-refractivity contribution in [2.24, 2.45) is 5.92 Å². The fraction of sp³-hybridized carbons (Fsp3) is 0.636. The SMILES string of the molecule is C=CCC1O[C@H](C)[C@H](C)C=C1C. The highest BCUT2D eigenvalue weighted by molar-refractivity contribution is 5.12. The average molecular weight is 166 g/mol. The number of hydrogen-bond donors (Lipinski definition) is 0. The van der Waals surface area contributed by atoms with Crippen LogP contribution < -0.4 is 0 Å². The van der Waals surface area contributed by atoms with Crippen LogP contribution in [-0.4, -0.2) is 12.2 Å². The lowest BCUT2D eigenvalue weighted by atomic mass is 9.95. The summed E-state index contributed by atoms with van der Waals surface area (Å²) in [5.41, 5.74) is 1.35. The molecule has 0 N–H and O–H groups in total. The molecule has 0 spiro atoms. The van der Waals surface area contributed by atoms with E-state index < -0.39 is 0 Å². The molecule has 0 aliphatic carbocycles. The van der Waals surface area contributed by atoms with Crippen LogP contribution in [0.3, 0.4) is 0 Å². The molecule has 0 aromatic heterocycles. The van der Waals surface area contributed by atoms with Gasteiger partial charge in [-0.3, -0.25) is 0 Å². The largest absolute Gasteiger partial charge is 0.370 e. The number of hydrogen-bond acceptors (Lipinski definition) is 1. The summed E-state index contributed by atoms with van der Waals surface area (Å²) in [4.78, 5) is 0. The van der Waals surface area contributed by atoms with E-state index in [9.17, 15) is 0 Å². The standard InChI is InChI=1S/C11H18O/c1-5-6-11-9(3)7-8(2)10(4)12-11/h5,7-8,10-11H,1,6H2,2-4H3/t8-,10-,11?/m1/s1. The molecule has 1 rings (SSSR count). The minimum Gasteiger partial charge on any atom is -0.370 e. The molecule has 68 valence electrons. The molecular weight excluding hydrogens is 148 g/mol. The first kappa shape index (κ1) is 9.53. The van der Waals surface area contributed by atoms with Gasteiger partial charge in [0, 0.05) is 5.92 Å². The lowest BCUT2D eigenvalue weighted by Gasteiger charge is -2.30. The van der Waals surface area contributed by atoms with Gasteiger partial charge in [-0.05, 0) is 25.8 Å². The molecule has 0 saturated heterocycles. The Kier molecular flexibility index (Phi) is 3.10. The zero-order valence-corrected chi connectivity index (χ0v) is 8.21. The molecule has 0 aromatic rings. The van der Waals surface area contributed by atoms with Crippen molar-refractivity contribution in [1.29, 1.82) is 0 Å². The molecule has 1 aliphatic heterocycles. The molecule has 12 heavy (non-hydrogen) atoms. The van der Waals surface area contributed by atoms with E-state index in [1.54, 1.807) is 0 Å². The second-order valence-electron chi connectivity index (χ2n) is 3.62. The van der Waals surface area contributed by atoms with Gasteiger partial charge in [-0.25, -0.2) is 0 Å². The Balaban J connectivity index is 2.67. The zero-order valence-electron chi connectivity index (χ0n) is 8.21. The zero-order chi connectivity index (χ0) is 9.14. The fourth-order valence-corrected chi connectivity index (χ4v) is 1.54. The van der Waals surface area contributed by atoms with Crippen LogP contribution in [0.2, 0.25) is 0 Å². The summed E-state index contributed by atoms with van der Waals surface area (Å²) in [5, 5.41) is 0. The fourth-order valence-electron chi connectivity index (χ4n) is 1.54. The van der Waals surface area contributed by atoms with E-state index >= 15 is 0 Å². The van der Waals surface area contributed by atoms with E-state index in [-0.39, 0.29) is 6.10 Å². The number of rotatable bonds is 2. The van der Waals surface area contributed by atoms with Gasteiger partial charge < -0.3 is 4.74 Å². The highest BCUT2D eigenvalue weighted by Crippen LogP contribution is 2.25. The van der Waals surface area contributed by atoms with Gasteiger partial charge in [0.05, 0.1) is 12.2 Å². The first-order valence-corrected chi connectivity index (χ1v) is 4.59. The summed E-state index contributed by atoms with van der Waals surface area (Å²) in [6, 6.07) is 0. The molecule has 1 nitrogen and oxygen atoms in total. The van der Waals surface area contributed by atoms with Crippen LogP contribution in [0.15, 0.2) is 24.3 Å². The predicted octanol–water partition coefficient (Wildman–Crippen LogP) is 2.93. The molecule has 3 atom stereocenters. The molecule has 0 aromatic carbocycles. The summed E-state index contributed by atoms with van der Waals surface area (Å²) in [5.74, 6) is 0.547. The Hall–Kier alpha value is -0.560. The second-order valence-corrected chi connectivity index (χ2v) is 3.62. The van der Waals surface area contributed by atoms with Crippen LogP contribution in [0.1, 0.15) is 27.2 Å². The topological polar surface area (TPSA) is 9.23 Å². The molecule has 0 amide bonds. The van der Waals surface area contributed by atoms with E-state index in [0.29, 0.717) is 12.0 Å². The monoisotopic (exact) mass is 166 g/mol. The molecule has 0 saturated carbocycles. The third-order valence-corrected chi connectivity index (χ3v) is 2.53. The smallest absolute Gasteiger partial charge is 0.0820 e. The van der Waals surface area contributed by atoms with Gasteiger partial charge in [-0.15, -0.1) is 6.58 Å². The van der Waals surface area contributed by atoms with Gasteiger partial charge in [-0.1, -0.05) is 19.1 Å². The van der Waals surface area contributed by atoms with E-state index in [0.717, 1.165) is 6.42 Å². The Morgan fingerprint density at radius 2 is 2.25 bits per heavy atom. The van der Waals surface area contributed by atoms with Crippen LogP contribution in [-0.2, 0) is 4.74 Å². The van der Waals surface area contributed by atoms with Gasteiger partial charge in [0.15, 0.2) is 0 Å². The Labute approximate surface area is 75.1 Å². The van der Waals surface area contributed by atoms with Crippen molar-refractivity contribution in [1.82, 2.24) is 0 Å². The van der Waals surface area contributed by atoms with E-state index in [1.807, 2.05) is 6.08 Å². The molecule has 1 heterocycles. The van der Waals surface area contributed by atoms with Gasteiger partial charge in [0.1, 0.15) is 0 Å². The predicted molar refractivity (Wildman–Crippen MR) is 52.1 cm³/mol. The van der Waals surface area contributed by atoms with Crippen molar-refractivity contribution < 1.29 is 4.74 Å². The van der Waals surface area contributed by atoms with Gasteiger partial charge in [0.25, 0.3) is 0 Å². The molecule has 1 aliphatic rings. The van der Waals surface area contributed by atoms with Crippen LogP contribution in [0.5, 0.6) is 0 Å². The van der Waals surface area contributed by atoms with Crippen LogP contribution >= 0.6 is 0 Å². The third kappa shape index (κ3) is 1.98. The molecule has 1 heteroatoms. The van der Waals surface area contributed by atoms with Gasteiger partial charge in [-0.2, -0.15) is 0 Å². The molecule has 0 bridgehead atoms. The highest BCUT2D eigenvalue weighted by Gasteiger charge is 2.22. The van der Waals surface area contributed by atoms with Gasteiger partial charge in [0.2, 0.25) is 0 Å². The maximum Gasteiger partial charge on any atom is 0.0820 e. The highest BCUT2D eigenvalue weighted by atomic mass is 16.5. The Morgan fingerprint density at radius 3 is 2.83 bits per heavy atom. The minimum absolute atomic E-state index is 0.272. The van der Waals surface area contributed by atoms with Crippen molar-refractivity contribution in [3.8, 4) is 0 Å². The van der Waals surface area contributed by atoms with E-state index in [4.69, 9.17) is 4.74 Å². The molecule has 0 fully saturated rings. The summed E-state index contributed by atoms with van der Waals surface area (Å²) in [6.45, 7) is 10.2. The van der Waals surface area contributed by atoms with Crippen LogP contribution in [0.25, 0.3) is 0 Å². The summed E-state index contributed by atoms with van der Waals surface area (Å²) >= 11 is 0. The van der Waals surface area contributed by atoms with Crippen molar-refractivity contribution in [2.75, 3.05) is 0 Å². The molecule has 1 unspecified atom stereocenters. The lowest BCUT2D eigenvalue weighted by molar-refractivity contribution is -0.0114. The maximum atomic E-state index is 5.81. The summed E-state index contributed by atoms with van der Waals surface area (Å²) < 4.78 is 5.81. The maximum absolute atomic E-state index is 5.81. The van der Waals surface area contributed by atoms with Crippen LogP contribution in [0, 0.1) is 5.92 Å². The van der Waals surface area contributed by atoms with Crippen molar-refractivity contribution in [3.05, 3.63) is 24.3 Å². The lowest BCUT2D eigenvalue weighted by Crippen LogP contribution is -2.30. The number of ether oxygens (including phenoxy) is 1. The first-order valence-electron chi connectivity index (χ1n) is 4.59. The van der Waals surface area contributed by atoms with E-state index in [2.05, 4.69) is 33.4 Å². The first-order chi connectivity index (χ1) is 5.65. The van der Waals surface area contributed by atoms with Crippen LogP contribution in [0.4, 0.5) is 0 Å². The Morgan fingerprint density at radius 1 is 1.58 bits per heavy atom. The van der Waals surface area contributed by atoms with Crippen molar-refractivity contribution >= 4 is 0 Å². The summed E-state index contributed by atoms with van der Waals surface area (Å²) in [6.07, 6.45) is 5.78. The molecular formula is C11H18O. The Bertz CT molecular complexity index is 193. The quantitative estimate of drug-likeness (QED) is 0.573. The minimum atomic E-state index is 0.272. The average Bonchev–Trinajstić information content (AvgIpc) is 2.01. The normalized spacial score (nSPS) is 35.9. The van der Waals surface area contributed by atoms with Gasteiger partial charge >= 0.3 is 0 Å². The van der Waals surface area contributed by atoms with E-state index in [1.165, 1.54) is 5.57 Å².